The fourth-order valence-corrected chi connectivity index (χ4v) is 4.44. The molecule has 2 aliphatic rings. The Balaban J connectivity index is 1.55. The lowest BCUT2D eigenvalue weighted by Crippen LogP contribution is -2.35. The number of hydrogen-bond donors (Lipinski definition) is 0. The molecule has 2 amide bonds. The molecule has 0 bridgehead atoms. The Morgan fingerprint density at radius 2 is 1.79 bits per heavy atom. The number of amidine groups is 1. The lowest BCUT2D eigenvalue weighted by atomic mass is 10.1. The molecule has 6 heteroatoms. The van der Waals surface area contributed by atoms with Gasteiger partial charge in [0.25, 0.3) is 11.8 Å². The van der Waals surface area contributed by atoms with Gasteiger partial charge in [-0.25, -0.2) is 4.99 Å². The van der Waals surface area contributed by atoms with Gasteiger partial charge in [-0.15, -0.1) is 0 Å². The summed E-state index contributed by atoms with van der Waals surface area (Å²) in [7, 11) is 1.72. The number of carbonyl (C=O) groups excluding carboxylic acids is 2. The number of aliphatic imine (C=N–C) groups is 1. The molecular weight excluding hydrogens is 382 g/mol. The van der Waals surface area contributed by atoms with Gasteiger partial charge in [0, 0.05) is 25.7 Å². The normalized spacial score (nSPS) is 20.0. The van der Waals surface area contributed by atoms with Crippen LogP contribution in [-0.2, 0) is 4.79 Å². The topological polar surface area (TPSA) is 53.0 Å². The van der Waals surface area contributed by atoms with E-state index in [4.69, 9.17) is 0 Å². The number of nitrogens with zero attached hydrogens (tertiary/aromatic N) is 3. The second-order valence-corrected chi connectivity index (χ2v) is 8.19. The summed E-state index contributed by atoms with van der Waals surface area (Å²) < 4.78 is 0. The maximum absolute atomic E-state index is 12.8. The van der Waals surface area contributed by atoms with Crippen molar-refractivity contribution < 1.29 is 9.59 Å². The van der Waals surface area contributed by atoms with E-state index in [0.717, 1.165) is 31.5 Å². The predicted molar refractivity (Wildman–Crippen MR) is 118 cm³/mol. The summed E-state index contributed by atoms with van der Waals surface area (Å²) in [6.45, 7) is 1.64. The number of piperidine rings is 1. The van der Waals surface area contributed by atoms with E-state index in [2.05, 4.69) is 4.99 Å². The zero-order valence-corrected chi connectivity index (χ0v) is 17.2. The van der Waals surface area contributed by atoms with Crippen LogP contribution in [0, 0.1) is 0 Å². The van der Waals surface area contributed by atoms with Gasteiger partial charge >= 0.3 is 0 Å². The average Bonchev–Trinajstić information content (AvgIpc) is 3.02. The first-order chi connectivity index (χ1) is 14.1. The van der Waals surface area contributed by atoms with E-state index < -0.39 is 0 Å². The van der Waals surface area contributed by atoms with Crippen molar-refractivity contribution in [3.63, 3.8) is 0 Å². The Hall–Kier alpha value is -2.86. The van der Waals surface area contributed by atoms with Crippen molar-refractivity contribution in [1.29, 1.82) is 0 Å². The van der Waals surface area contributed by atoms with Crippen LogP contribution < -0.4 is 0 Å². The number of rotatable bonds is 3. The molecule has 0 aliphatic carbocycles. The van der Waals surface area contributed by atoms with Crippen LogP contribution in [0.1, 0.15) is 35.2 Å². The van der Waals surface area contributed by atoms with Gasteiger partial charge in [0.1, 0.15) is 0 Å². The highest BCUT2D eigenvalue weighted by atomic mass is 32.2. The van der Waals surface area contributed by atoms with E-state index in [0.29, 0.717) is 21.3 Å². The summed E-state index contributed by atoms with van der Waals surface area (Å²) in [6, 6.07) is 17.1. The van der Waals surface area contributed by atoms with Crippen LogP contribution in [0.2, 0.25) is 0 Å². The van der Waals surface area contributed by atoms with Gasteiger partial charge < -0.3 is 4.90 Å². The molecule has 5 nitrogen and oxygen atoms in total. The van der Waals surface area contributed by atoms with Gasteiger partial charge in [-0.3, -0.25) is 14.5 Å². The van der Waals surface area contributed by atoms with Crippen molar-refractivity contribution in [2.75, 3.05) is 20.1 Å². The zero-order valence-electron chi connectivity index (χ0n) is 16.4. The number of benzene rings is 2. The fraction of sp³-hybridized carbons (Fsp3) is 0.261. The Kier molecular flexibility index (Phi) is 5.81. The van der Waals surface area contributed by atoms with Gasteiger partial charge in [-0.05, 0) is 60.9 Å². The van der Waals surface area contributed by atoms with Crippen LogP contribution in [0.4, 0.5) is 5.69 Å². The molecule has 2 aromatic carbocycles. The van der Waals surface area contributed by atoms with Crippen LogP contribution in [0.3, 0.4) is 0 Å². The van der Waals surface area contributed by atoms with Crippen molar-refractivity contribution in [2.24, 2.45) is 4.99 Å². The summed E-state index contributed by atoms with van der Waals surface area (Å²) in [4.78, 5) is 34.1. The van der Waals surface area contributed by atoms with E-state index in [-0.39, 0.29) is 11.8 Å². The van der Waals surface area contributed by atoms with Crippen LogP contribution in [0.25, 0.3) is 6.08 Å². The third-order valence-corrected chi connectivity index (χ3v) is 6.12. The largest absolute Gasteiger partial charge is 0.339 e. The average molecular weight is 406 g/mol. The summed E-state index contributed by atoms with van der Waals surface area (Å²) in [6.07, 6.45) is 5.19. The molecule has 2 fully saturated rings. The van der Waals surface area contributed by atoms with Crippen LogP contribution in [-0.4, -0.2) is 46.9 Å². The summed E-state index contributed by atoms with van der Waals surface area (Å²) in [5.74, 6) is -0.0157. The smallest absolute Gasteiger partial charge is 0.266 e. The van der Waals surface area contributed by atoms with Crippen LogP contribution in [0.15, 0.2) is 64.5 Å². The predicted octanol–water partition coefficient (Wildman–Crippen LogP) is 4.55. The SMILES string of the molecule is CN1C(=O)/C(=C\c2ccccc2)SC1=Nc1cccc(C(=O)N2CCCCC2)c1. The summed E-state index contributed by atoms with van der Waals surface area (Å²) >= 11 is 1.35. The molecular formula is C23H23N3O2S. The second-order valence-electron chi connectivity index (χ2n) is 7.18. The minimum absolute atomic E-state index is 0.0555. The van der Waals surface area contributed by atoms with Gasteiger partial charge in [-0.2, -0.15) is 0 Å². The molecule has 148 valence electrons. The Morgan fingerprint density at radius 1 is 1.03 bits per heavy atom. The summed E-state index contributed by atoms with van der Waals surface area (Å²) in [5, 5.41) is 0.611. The molecule has 0 unspecified atom stereocenters. The number of likely N-dealkylation sites (N-methyl/N-ethyl adjacent to an activating group) is 1. The maximum Gasteiger partial charge on any atom is 0.266 e. The van der Waals surface area contributed by atoms with E-state index in [9.17, 15) is 9.59 Å². The molecule has 0 radical (unpaired) electrons. The van der Waals surface area contributed by atoms with E-state index in [1.165, 1.54) is 18.2 Å². The standard InChI is InChI=1S/C23H23N3O2S/c1-25-22(28)20(15-17-9-4-2-5-10-17)29-23(25)24-19-12-8-11-18(16-19)21(27)26-13-6-3-7-14-26/h2,4-5,8-12,15-16H,3,6-7,13-14H2,1H3/b20-15+,24-23?. The highest BCUT2D eigenvalue weighted by Crippen LogP contribution is 2.33. The zero-order chi connectivity index (χ0) is 20.2. The van der Waals surface area contributed by atoms with Gasteiger partial charge in [-0.1, -0.05) is 36.4 Å². The van der Waals surface area contributed by atoms with Gasteiger partial charge in [0.15, 0.2) is 5.17 Å². The van der Waals surface area contributed by atoms with Crippen LogP contribution >= 0.6 is 11.8 Å². The third kappa shape index (κ3) is 4.43. The second kappa shape index (κ2) is 8.66. The van der Waals surface area contributed by atoms with E-state index >= 15 is 0 Å². The first kappa shape index (κ1) is 19.5. The minimum atomic E-state index is -0.0712. The molecule has 2 heterocycles. The molecule has 0 N–H and O–H groups in total. The van der Waals surface area contributed by atoms with Crippen LogP contribution in [0.5, 0.6) is 0 Å². The van der Waals surface area contributed by atoms with Crippen molar-refractivity contribution in [3.05, 3.63) is 70.6 Å². The molecule has 0 spiro atoms. The first-order valence-electron chi connectivity index (χ1n) is 9.82. The first-order valence-corrected chi connectivity index (χ1v) is 10.6. The highest BCUT2D eigenvalue weighted by molar-refractivity contribution is 8.18. The molecule has 2 saturated heterocycles. The number of amides is 2. The van der Waals surface area contributed by atoms with Gasteiger partial charge in [0.05, 0.1) is 10.6 Å². The molecule has 4 rings (SSSR count). The Labute approximate surface area is 175 Å². The monoisotopic (exact) mass is 405 g/mol. The lowest BCUT2D eigenvalue weighted by Gasteiger charge is -2.26. The van der Waals surface area contributed by atoms with Crippen molar-refractivity contribution in [1.82, 2.24) is 9.80 Å². The molecule has 0 aromatic heterocycles. The molecule has 2 aliphatic heterocycles. The Morgan fingerprint density at radius 3 is 2.55 bits per heavy atom. The van der Waals surface area contributed by atoms with E-state index in [1.807, 2.05) is 65.6 Å². The highest BCUT2D eigenvalue weighted by Gasteiger charge is 2.30. The van der Waals surface area contributed by atoms with Crippen molar-refractivity contribution >= 4 is 40.5 Å². The van der Waals surface area contributed by atoms with E-state index in [1.54, 1.807) is 11.9 Å². The van der Waals surface area contributed by atoms with Crippen molar-refractivity contribution in [3.8, 4) is 0 Å². The number of hydrogen-bond acceptors (Lipinski definition) is 4. The third-order valence-electron chi connectivity index (χ3n) is 5.06. The Bertz CT molecular complexity index is 979. The molecule has 0 saturated carbocycles. The maximum atomic E-state index is 12.8. The van der Waals surface area contributed by atoms with Gasteiger partial charge in [0.2, 0.25) is 0 Å². The fourth-order valence-electron chi connectivity index (χ4n) is 3.45. The quantitative estimate of drug-likeness (QED) is 0.704. The van der Waals surface area contributed by atoms with Crippen molar-refractivity contribution in [2.45, 2.75) is 19.3 Å². The molecule has 29 heavy (non-hydrogen) atoms. The number of thioether (sulfide) groups is 1. The number of likely N-dealkylation sites (tertiary alicyclic amines) is 1. The summed E-state index contributed by atoms with van der Waals surface area (Å²) in [5.41, 5.74) is 2.30. The lowest BCUT2D eigenvalue weighted by molar-refractivity contribution is -0.121. The molecule has 2 aromatic rings. The minimum Gasteiger partial charge on any atom is -0.339 e. The number of carbonyl (C=O) groups is 2. The molecule has 0 atom stereocenters.